The van der Waals surface area contributed by atoms with Gasteiger partial charge in [0.15, 0.2) is 5.69 Å². The summed E-state index contributed by atoms with van der Waals surface area (Å²) in [6, 6.07) is -0.475. The number of thiazole rings is 1. The molecule has 0 aliphatic rings. The number of aliphatic hydroxyl groups excluding tert-OH is 1. The fraction of sp³-hybridized carbons (Fsp3) is 0.556. The van der Waals surface area contributed by atoms with Gasteiger partial charge in [-0.1, -0.05) is 0 Å². The highest BCUT2D eigenvalue weighted by molar-refractivity contribution is 7.09. The van der Waals surface area contributed by atoms with Crippen molar-refractivity contribution in [1.82, 2.24) is 15.6 Å². The molecular formula is C9H12F3N3O2S. The van der Waals surface area contributed by atoms with Crippen molar-refractivity contribution < 1.29 is 23.1 Å². The van der Waals surface area contributed by atoms with E-state index in [2.05, 4.69) is 15.6 Å². The van der Waals surface area contributed by atoms with Crippen LogP contribution in [0.2, 0.25) is 0 Å². The van der Waals surface area contributed by atoms with E-state index in [0.717, 1.165) is 16.7 Å². The van der Waals surface area contributed by atoms with Crippen LogP contribution in [0.4, 0.5) is 18.0 Å². The molecule has 0 unspecified atom stereocenters. The average molecular weight is 283 g/mol. The molecule has 9 heteroatoms. The monoisotopic (exact) mass is 283 g/mol. The summed E-state index contributed by atoms with van der Waals surface area (Å²) in [5.74, 6) is 0. The highest BCUT2D eigenvalue weighted by Crippen LogP contribution is 2.29. The maximum absolute atomic E-state index is 12.2. The molecule has 1 rings (SSSR count). The summed E-state index contributed by atoms with van der Waals surface area (Å²) in [5.41, 5.74) is -0.910. The number of aliphatic hydroxyl groups is 1. The van der Waals surface area contributed by atoms with E-state index < -0.39 is 17.9 Å². The van der Waals surface area contributed by atoms with Crippen LogP contribution in [0.1, 0.15) is 10.7 Å². The molecule has 2 amide bonds. The van der Waals surface area contributed by atoms with Crippen molar-refractivity contribution in [3.05, 3.63) is 16.1 Å². The minimum absolute atomic E-state index is 0.126. The number of halogens is 3. The minimum atomic E-state index is -4.43. The third-order valence-corrected chi connectivity index (χ3v) is 2.77. The van der Waals surface area contributed by atoms with Crippen molar-refractivity contribution in [2.75, 3.05) is 19.7 Å². The van der Waals surface area contributed by atoms with E-state index in [0.29, 0.717) is 5.01 Å². The Morgan fingerprint density at radius 2 is 2.06 bits per heavy atom. The number of hydrogen-bond donors (Lipinski definition) is 3. The number of alkyl halides is 3. The molecular weight excluding hydrogens is 271 g/mol. The van der Waals surface area contributed by atoms with E-state index in [1.807, 2.05) is 0 Å². The fourth-order valence-electron chi connectivity index (χ4n) is 1.07. The zero-order chi connectivity index (χ0) is 13.6. The van der Waals surface area contributed by atoms with Crippen LogP contribution in [0.25, 0.3) is 0 Å². The maximum Gasteiger partial charge on any atom is 0.434 e. The van der Waals surface area contributed by atoms with E-state index in [1.54, 1.807) is 0 Å². The first-order valence-corrected chi connectivity index (χ1v) is 5.95. The van der Waals surface area contributed by atoms with Crippen molar-refractivity contribution in [3.8, 4) is 0 Å². The summed E-state index contributed by atoms with van der Waals surface area (Å²) < 4.78 is 36.7. The smallest absolute Gasteiger partial charge is 0.395 e. The molecule has 1 aromatic heterocycles. The average Bonchev–Trinajstić information content (AvgIpc) is 2.74. The van der Waals surface area contributed by atoms with Crippen molar-refractivity contribution in [2.45, 2.75) is 12.6 Å². The molecule has 102 valence electrons. The van der Waals surface area contributed by atoms with Gasteiger partial charge in [-0.25, -0.2) is 9.78 Å². The number of aromatic nitrogens is 1. The molecule has 0 spiro atoms. The lowest BCUT2D eigenvalue weighted by Gasteiger charge is -2.04. The van der Waals surface area contributed by atoms with Gasteiger partial charge in [0.05, 0.1) is 11.6 Å². The zero-order valence-corrected chi connectivity index (χ0v) is 10.1. The molecule has 1 heterocycles. The van der Waals surface area contributed by atoms with E-state index in [-0.39, 0.29) is 26.1 Å². The molecule has 0 saturated heterocycles. The molecule has 18 heavy (non-hydrogen) atoms. The molecule has 0 aliphatic heterocycles. The van der Waals surface area contributed by atoms with Gasteiger partial charge in [-0.3, -0.25) is 0 Å². The van der Waals surface area contributed by atoms with Crippen LogP contribution >= 0.6 is 11.3 Å². The van der Waals surface area contributed by atoms with Gasteiger partial charge in [-0.2, -0.15) is 13.2 Å². The van der Waals surface area contributed by atoms with Gasteiger partial charge in [0.2, 0.25) is 0 Å². The standard InChI is InChI=1S/C9H12F3N3O2S/c10-9(11,12)6-5-18-7(15-6)1-2-13-8(17)14-3-4-16/h5,16H,1-4H2,(H2,13,14,17). The van der Waals surface area contributed by atoms with Gasteiger partial charge in [0, 0.05) is 24.9 Å². The van der Waals surface area contributed by atoms with E-state index in [9.17, 15) is 18.0 Å². The third kappa shape index (κ3) is 4.88. The summed E-state index contributed by atoms with van der Waals surface area (Å²) in [6.45, 7) is 0.137. The van der Waals surface area contributed by atoms with E-state index in [4.69, 9.17) is 5.11 Å². The van der Waals surface area contributed by atoms with Gasteiger partial charge >= 0.3 is 12.2 Å². The topological polar surface area (TPSA) is 74.2 Å². The number of carbonyl (C=O) groups is 1. The van der Waals surface area contributed by atoms with Gasteiger partial charge < -0.3 is 15.7 Å². The Bertz CT molecular complexity index is 395. The van der Waals surface area contributed by atoms with Crippen molar-refractivity contribution in [3.63, 3.8) is 0 Å². The van der Waals surface area contributed by atoms with Crippen LogP contribution in [0.5, 0.6) is 0 Å². The number of hydrogen-bond acceptors (Lipinski definition) is 4. The second-order valence-electron chi connectivity index (χ2n) is 3.28. The van der Waals surface area contributed by atoms with Crippen LogP contribution in [0.15, 0.2) is 5.38 Å². The predicted molar refractivity (Wildman–Crippen MR) is 59.3 cm³/mol. The number of rotatable bonds is 5. The Morgan fingerprint density at radius 1 is 1.39 bits per heavy atom. The fourth-order valence-corrected chi connectivity index (χ4v) is 1.88. The molecule has 1 aromatic rings. The Hall–Kier alpha value is -1.35. The lowest BCUT2D eigenvalue weighted by Crippen LogP contribution is -2.37. The van der Waals surface area contributed by atoms with Gasteiger partial charge in [-0.05, 0) is 0 Å². The Kier molecular flexibility index (Phi) is 5.35. The number of amides is 2. The summed E-state index contributed by atoms with van der Waals surface area (Å²) in [5, 5.41) is 14.5. The molecule has 5 nitrogen and oxygen atoms in total. The van der Waals surface area contributed by atoms with Gasteiger partial charge in [0.1, 0.15) is 0 Å². The summed E-state index contributed by atoms with van der Waals surface area (Å²) >= 11 is 0.903. The largest absolute Gasteiger partial charge is 0.434 e. The van der Waals surface area contributed by atoms with Gasteiger partial charge in [0.25, 0.3) is 0 Å². The number of urea groups is 1. The Morgan fingerprint density at radius 3 is 2.61 bits per heavy atom. The lowest BCUT2D eigenvalue weighted by atomic mass is 10.4. The predicted octanol–water partition coefficient (Wildman–Crippen LogP) is 0.996. The van der Waals surface area contributed by atoms with E-state index in [1.165, 1.54) is 0 Å². The van der Waals surface area contributed by atoms with Crippen LogP contribution in [-0.2, 0) is 12.6 Å². The molecule has 0 aliphatic carbocycles. The van der Waals surface area contributed by atoms with Crippen molar-refractivity contribution in [1.29, 1.82) is 0 Å². The SMILES string of the molecule is O=C(NCCO)NCCc1nc(C(F)(F)F)cs1. The highest BCUT2D eigenvalue weighted by Gasteiger charge is 2.33. The van der Waals surface area contributed by atoms with Crippen LogP contribution < -0.4 is 10.6 Å². The highest BCUT2D eigenvalue weighted by atomic mass is 32.1. The number of carbonyl (C=O) groups excluding carboxylic acids is 1. The normalized spacial score (nSPS) is 11.3. The number of nitrogens with one attached hydrogen (secondary N) is 2. The maximum atomic E-state index is 12.2. The van der Waals surface area contributed by atoms with Crippen molar-refractivity contribution in [2.24, 2.45) is 0 Å². The van der Waals surface area contributed by atoms with E-state index >= 15 is 0 Å². The summed E-state index contributed by atoms with van der Waals surface area (Å²) in [7, 11) is 0. The van der Waals surface area contributed by atoms with Crippen molar-refractivity contribution >= 4 is 17.4 Å². The minimum Gasteiger partial charge on any atom is -0.395 e. The number of nitrogens with zero attached hydrogens (tertiary/aromatic N) is 1. The zero-order valence-electron chi connectivity index (χ0n) is 9.25. The molecule has 0 atom stereocenters. The summed E-state index contributed by atoms with van der Waals surface area (Å²) in [6.07, 6.45) is -4.20. The first kappa shape index (κ1) is 14.7. The van der Waals surface area contributed by atoms with Crippen LogP contribution in [0, 0.1) is 0 Å². The molecule has 0 radical (unpaired) electrons. The lowest BCUT2D eigenvalue weighted by molar-refractivity contribution is -0.140. The summed E-state index contributed by atoms with van der Waals surface area (Å²) in [4.78, 5) is 14.4. The van der Waals surface area contributed by atoms with Crippen LogP contribution in [-0.4, -0.2) is 35.8 Å². The Labute approximate surface area is 105 Å². The first-order valence-electron chi connectivity index (χ1n) is 5.07. The third-order valence-electron chi connectivity index (χ3n) is 1.86. The molecule has 0 saturated carbocycles. The Balaban J connectivity index is 2.32. The molecule has 0 aromatic carbocycles. The van der Waals surface area contributed by atoms with Gasteiger partial charge in [-0.15, -0.1) is 11.3 Å². The quantitative estimate of drug-likeness (QED) is 0.754. The molecule has 3 N–H and O–H groups in total. The molecule has 0 fully saturated rings. The van der Waals surface area contributed by atoms with Crippen LogP contribution in [0.3, 0.4) is 0 Å². The second kappa shape index (κ2) is 6.55. The molecule has 0 bridgehead atoms. The second-order valence-corrected chi connectivity index (χ2v) is 4.22. The first-order chi connectivity index (χ1) is 8.43.